The molecule has 0 heterocycles. The molecule has 0 radical (unpaired) electrons. The smallest absolute Gasteiger partial charge is 0.329 e. The van der Waals surface area contributed by atoms with Crippen LogP contribution in [0.2, 0.25) is 0 Å². The zero-order valence-electron chi connectivity index (χ0n) is 10.4. The molecule has 1 rings (SSSR count). The third-order valence-corrected chi connectivity index (χ3v) is 2.52. The molecule has 0 aromatic heterocycles. The van der Waals surface area contributed by atoms with Crippen LogP contribution in [0.5, 0.6) is 0 Å². The number of methoxy groups -OCH3 is 1. The quantitative estimate of drug-likeness (QED) is 0.361. The van der Waals surface area contributed by atoms with Crippen LogP contribution < -0.4 is 10.7 Å². The van der Waals surface area contributed by atoms with Crippen LogP contribution in [0, 0.1) is 0 Å². The standard InChI is InChI=1S/C12H14BrN3O3/c1-19-6-5-14-11(17)12(18)16-15-8-9-3-2-4-10(13)7-9/h2-4,7-8H,5-6H2,1H3,(H,14,17)(H,16,18)/b15-8-. The molecule has 6 nitrogen and oxygen atoms in total. The first-order valence-electron chi connectivity index (χ1n) is 5.49. The summed E-state index contributed by atoms with van der Waals surface area (Å²) in [4.78, 5) is 22.6. The highest BCUT2D eigenvalue weighted by Gasteiger charge is 2.10. The van der Waals surface area contributed by atoms with Crippen molar-refractivity contribution in [3.05, 3.63) is 34.3 Å². The second kappa shape index (κ2) is 8.39. The number of carbonyl (C=O) groups is 2. The minimum Gasteiger partial charge on any atom is -0.383 e. The van der Waals surface area contributed by atoms with Gasteiger partial charge in [-0.15, -0.1) is 0 Å². The number of rotatable bonds is 5. The molecule has 1 aromatic rings. The van der Waals surface area contributed by atoms with E-state index >= 15 is 0 Å². The van der Waals surface area contributed by atoms with Crippen LogP contribution in [0.4, 0.5) is 0 Å². The number of amides is 2. The number of nitrogens with zero attached hydrogens (tertiary/aromatic N) is 1. The fraction of sp³-hybridized carbons (Fsp3) is 0.250. The number of benzene rings is 1. The lowest BCUT2D eigenvalue weighted by atomic mass is 10.2. The lowest BCUT2D eigenvalue weighted by molar-refractivity contribution is -0.139. The Morgan fingerprint density at radius 2 is 2.21 bits per heavy atom. The first-order chi connectivity index (χ1) is 9.13. The summed E-state index contributed by atoms with van der Waals surface area (Å²) in [5, 5.41) is 6.08. The summed E-state index contributed by atoms with van der Waals surface area (Å²) < 4.78 is 5.64. The highest BCUT2D eigenvalue weighted by atomic mass is 79.9. The molecule has 0 aliphatic heterocycles. The predicted molar refractivity (Wildman–Crippen MR) is 74.8 cm³/mol. The van der Waals surface area contributed by atoms with Crippen molar-refractivity contribution in [1.29, 1.82) is 0 Å². The summed E-state index contributed by atoms with van der Waals surface area (Å²) in [6.07, 6.45) is 1.45. The molecule has 0 saturated carbocycles. The Balaban J connectivity index is 2.39. The predicted octanol–water partition coefficient (Wildman–Crippen LogP) is 0.662. The van der Waals surface area contributed by atoms with Crippen molar-refractivity contribution < 1.29 is 14.3 Å². The summed E-state index contributed by atoms with van der Waals surface area (Å²) in [6, 6.07) is 7.36. The van der Waals surface area contributed by atoms with Gasteiger partial charge in [0.05, 0.1) is 12.8 Å². The number of hydrazone groups is 1. The monoisotopic (exact) mass is 327 g/mol. The van der Waals surface area contributed by atoms with Gasteiger partial charge in [0, 0.05) is 18.1 Å². The Morgan fingerprint density at radius 3 is 2.89 bits per heavy atom. The van der Waals surface area contributed by atoms with Gasteiger partial charge in [0.25, 0.3) is 0 Å². The number of nitrogens with one attached hydrogen (secondary N) is 2. The lowest BCUT2D eigenvalue weighted by Gasteiger charge is -2.02. The molecule has 2 N–H and O–H groups in total. The van der Waals surface area contributed by atoms with Crippen LogP contribution in [-0.4, -0.2) is 38.3 Å². The largest absolute Gasteiger partial charge is 0.383 e. The number of ether oxygens (including phenoxy) is 1. The van der Waals surface area contributed by atoms with Crippen molar-refractivity contribution in [3.63, 3.8) is 0 Å². The van der Waals surface area contributed by atoms with Crippen LogP contribution >= 0.6 is 15.9 Å². The van der Waals surface area contributed by atoms with Crippen molar-refractivity contribution in [2.24, 2.45) is 5.10 Å². The minimum absolute atomic E-state index is 0.276. The maximum atomic E-state index is 11.3. The Morgan fingerprint density at radius 1 is 1.42 bits per heavy atom. The molecule has 0 spiro atoms. The normalized spacial score (nSPS) is 10.4. The maximum Gasteiger partial charge on any atom is 0.329 e. The second-order valence-corrected chi connectivity index (χ2v) is 4.42. The molecule has 7 heteroatoms. The molecule has 102 valence electrons. The summed E-state index contributed by atoms with van der Waals surface area (Å²) in [7, 11) is 1.51. The van der Waals surface area contributed by atoms with Crippen molar-refractivity contribution in [2.45, 2.75) is 0 Å². The van der Waals surface area contributed by atoms with Crippen molar-refractivity contribution in [3.8, 4) is 0 Å². The first kappa shape index (κ1) is 15.3. The van der Waals surface area contributed by atoms with Gasteiger partial charge in [-0.3, -0.25) is 9.59 Å². The molecule has 19 heavy (non-hydrogen) atoms. The average molecular weight is 328 g/mol. The summed E-state index contributed by atoms with van der Waals surface area (Å²) in [5.74, 6) is -1.56. The summed E-state index contributed by atoms with van der Waals surface area (Å²) >= 11 is 3.32. The maximum absolute atomic E-state index is 11.3. The van der Waals surface area contributed by atoms with E-state index in [1.54, 1.807) is 0 Å². The van der Waals surface area contributed by atoms with E-state index in [9.17, 15) is 9.59 Å². The van der Waals surface area contributed by atoms with Gasteiger partial charge in [0.1, 0.15) is 0 Å². The van der Waals surface area contributed by atoms with E-state index in [-0.39, 0.29) is 6.54 Å². The molecule has 0 aliphatic carbocycles. The fourth-order valence-electron chi connectivity index (χ4n) is 1.15. The van der Waals surface area contributed by atoms with E-state index in [2.05, 4.69) is 31.8 Å². The summed E-state index contributed by atoms with van der Waals surface area (Å²) in [6.45, 7) is 0.623. The van der Waals surface area contributed by atoms with Gasteiger partial charge >= 0.3 is 11.8 Å². The topological polar surface area (TPSA) is 79.8 Å². The van der Waals surface area contributed by atoms with Crippen LogP contribution in [0.1, 0.15) is 5.56 Å². The van der Waals surface area contributed by atoms with Crippen LogP contribution in [0.25, 0.3) is 0 Å². The Bertz CT molecular complexity index is 477. The van der Waals surface area contributed by atoms with Gasteiger partial charge in [-0.1, -0.05) is 28.1 Å². The van der Waals surface area contributed by atoms with Gasteiger partial charge in [0.2, 0.25) is 0 Å². The van der Waals surface area contributed by atoms with Crippen LogP contribution in [0.3, 0.4) is 0 Å². The molecule has 1 aromatic carbocycles. The minimum atomic E-state index is -0.817. The number of hydrogen-bond donors (Lipinski definition) is 2. The molecule has 0 atom stereocenters. The first-order valence-corrected chi connectivity index (χ1v) is 6.28. The van der Waals surface area contributed by atoms with Gasteiger partial charge in [0.15, 0.2) is 0 Å². The molecular formula is C12H14BrN3O3. The van der Waals surface area contributed by atoms with Crippen molar-refractivity contribution >= 4 is 34.0 Å². The molecular weight excluding hydrogens is 314 g/mol. The number of carbonyl (C=O) groups excluding carboxylic acids is 2. The van der Waals surface area contributed by atoms with E-state index in [4.69, 9.17) is 4.74 Å². The Labute approximate surface area is 119 Å². The van der Waals surface area contributed by atoms with E-state index < -0.39 is 11.8 Å². The van der Waals surface area contributed by atoms with Gasteiger partial charge in [-0.05, 0) is 17.7 Å². The lowest BCUT2D eigenvalue weighted by Crippen LogP contribution is -2.39. The molecule has 0 unspecified atom stereocenters. The average Bonchev–Trinajstić information content (AvgIpc) is 2.39. The zero-order valence-corrected chi connectivity index (χ0v) is 11.9. The molecule has 0 bridgehead atoms. The Hall–Kier alpha value is -1.73. The van der Waals surface area contributed by atoms with E-state index in [1.807, 2.05) is 24.3 Å². The van der Waals surface area contributed by atoms with Crippen LogP contribution in [-0.2, 0) is 14.3 Å². The molecule has 0 fully saturated rings. The third-order valence-electron chi connectivity index (χ3n) is 2.03. The highest BCUT2D eigenvalue weighted by molar-refractivity contribution is 9.10. The molecule has 2 amide bonds. The van der Waals surface area contributed by atoms with Crippen LogP contribution in [0.15, 0.2) is 33.8 Å². The van der Waals surface area contributed by atoms with Crippen molar-refractivity contribution in [1.82, 2.24) is 10.7 Å². The van der Waals surface area contributed by atoms with Gasteiger partial charge < -0.3 is 10.1 Å². The number of hydrogen-bond acceptors (Lipinski definition) is 4. The fourth-order valence-corrected chi connectivity index (χ4v) is 1.57. The van der Waals surface area contributed by atoms with E-state index in [0.717, 1.165) is 10.0 Å². The van der Waals surface area contributed by atoms with E-state index in [0.29, 0.717) is 6.61 Å². The summed E-state index contributed by atoms with van der Waals surface area (Å²) in [5.41, 5.74) is 2.94. The third kappa shape index (κ3) is 6.12. The van der Waals surface area contributed by atoms with Crippen molar-refractivity contribution in [2.75, 3.05) is 20.3 Å². The van der Waals surface area contributed by atoms with Gasteiger partial charge in [-0.2, -0.15) is 5.10 Å². The molecule has 0 aliphatic rings. The Kier molecular flexibility index (Phi) is 6.76. The highest BCUT2D eigenvalue weighted by Crippen LogP contribution is 2.09. The molecule has 0 saturated heterocycles. The second-order valence-electron chi connectivity index (χ2n) is 3.50. The zero-order chi connectivity index (χ0) is 14.1. The van der Waals surface area contributed by atoms with Gasteiger partial charge in [-0.25, -0.2) is 5.43 Å². The SMILES string of the molecule is COCCNC(=O)C(=O)N/N=C\c1cccc(Br)c1. The van der Waals surface area contributed by atoms with E-state index in [1.165, 1.54) is 13.3 Å². The number of halogens is 1.